The number of rotatable bonds is 1. The van der Waals surface area contributed by atoms with Crippen molar-refractivity contribution < 1.29 is 21.1 Å². The summed E-state index contributed by atoms with van der Waals surface area (Å²) in [7, 11) is 0. The second kappa shape index (κ2) is 8.38. The van der Waals surface area contributed by atoms with E-state index in [1.54, 1.807) is 6.92 Å². The molecule has 1 rings (SSSR count). The summed E-state index contributed by atoms with van der Waals surface area (Å²) in [5.41, 5.74) is 13.3. The van der Waals surface area contributed by atoms with Crippen molar-refractivity contribution in [2.24, 2.45) is 5.11 Å². The Kier molecular flexibility index (Phi) is 9.22. The van der Waals surface area contributed by atoms with Gasteiger partial charge in [-0.05, 0) is 5.53 Å². The van der Waals surface area contributed by atoms with Gasteiger partial charge in [-0.3, -0.25) is 0 Å². The molecule has 3 nitrogen and oxygen atoms in total. The number of aryl methyl sites for hydroxylation is 2. The van der Waals surface area contributed by atoms with E-state index in [1.165, 1.54) is 0 Å². The molecule has 0 aliphatic carbocycles. The van der Waals surface area contributed by atoms with Gasteiger partial charge in [0.05, 0.1) is 0 Å². The van der Waals surface area contributed by atoms with Gasteiger partial charge in [-0.25, -0.2) is 0 Å². The first kappa shape index (κ1) is 17.6. The first-order chi connectivity index (χ1) is 7.07. The molecule has 0 heterocycles. The Morgan fingerprint density at radius 2 is 1.44 bits per heavy atom. The topological polar surface area (TPSA) is 48.8 Å². The summed E-state index contributed by atoms with van der Waals surface area (Å²) in [5, 5.41) is 3.69. The van der Waals surface area contributed by atoms with E-state index >= 15 is 0 Å². The van der Waals surface area contributed by atoms with E-state index in [0.29, 0.717) is 0 Å². The van der Waals surface area contributed by atoms with Crippen LogP contribution in [0, 0.1) is 40.7 Å². The van der Waals surface area contributed by atoms with Crippen LogP contribution in [0.1, 0.15) is 29.2 Å². The average Bonchev–Trinajstić information content (AvgIpc) is 2.24. The number of hydrogen-bond acceptors (Lipinski definition) is 1. The molecule has 86 valence electrons. The van der Waals surface area contributed by atoms with Crippen LogP contribution in [0.15, 0.2) is 5.11 Å². The standard InChI is InChI=1S/C10H12N3.C2H5.W/c1-6-5-7(2)9(4)10(8(6)3)12-13-11;1-2;/h1-4H3;1H2,2H3;/q2*-1;+2. The normalized spacial score (nSPS) is 8.12. The maximum absolute atomic E-state index is 8.40. The minimum absolute atomic E-state index is 0. The van der Waals surface area contributed by atoms with Crippen molar-refractivity contribution in [2.45, 2.75) is 34.6 Å². The second-order valence-corrected chi connectivity index (χ2v) is 3.16. The van der Waals surface area contributed by atoms with Gasteiger partial charge in [0.1, 0.15) is 0 Å². The van der Waals surface area contributed by atoms with Crippen molar-refractivity contribution in [3.05, 3.63) is 45.7 Å². The third-order valence-electron chi connectivity index (χ3n) is 2.36. The van der Waals surface area contributed by atoms with Gasteiger partial charge in [0, 0.05) is 4.91 Å². The molecule has 0 aliphatic heterocycles. The van der Waals surface area contributed by atoms with Crippen molar-refractivity contribution in [1.82, 2.24) is 0 Å². The van der Waals surface area contributed by atoms with Gasteiger partial charge in [-0.1, -0.05) is 38.5 Å². The minimum atomic E-state index is 0. The molecular formula is C12H17N3W. The van der Waals surface area contributed by atoms with Crippen molar-refractivity contribution in [3.63, 3.8) is 0 Å². The van der Waals surface area contributed by atoms with Crippen LogP contribution in [-0.2, 0) is 21.1 Å². The molecular weight excluding hydrogens is 370 g/mol. The van der Waals surface area contributed by atoms with Gasteiger partial charge < -0.3 is 6.92 Å². The van der Waals surface area contributed by atoms with Gasteiger partial charge in [-0.15, -0.1) is 11.1 Å². The summed E-state index contributed by atoms with van der Waals surface area (Å²) in [6.45, 7) is 12.8. The van der Waals surface area contributed by atoms with E-state index in [-0.39, 0.29) is 21.1 Å². The number of benzene rings is 1. The molecule has 0 aromatic heterocycles. The van der Waals surface area contributed by atoms with Gasteiger partial charge in [0.15, 0.2) is 0 Å². The van der Waals surface area contributed by atoms with E-state index in [1.807, 2.05) is 27.7 Å². The van der Waals surface area contributed by atoms with Crippen molar-refractivity contribution in [2.75, 3.05) is 0 Å². The molecule has 0 saturated carbocycles. The van der Waals surface area contributed by atoms with Gasteiger partial charge >= 0.3 is 21.1 Å². The fourth-order valence-corrected chi connectivity index (χ4v) is 1.30. The van der Waals surface area contributed by atoms with Crippen LogP contribution in [0.2, 0.25) is 0 Å². The van der Waals surface area contributed by atoms with Crippen LogP contribution < -0.4 is 0 Å². The molecule has 0 spiro atoms. The van der Waals surface area contributed by atoms with Crippen LogP contribution in [0.4, 0.5) is 5.69 Å². The predicted octanol–water partition coefficient (Wildman–Crippen LogP) is 4.50. The Labute approximate surface area is 112 Å². The van der Waals surface area contributed by atoms with Crippen LogP contribution >= 0.6 is 0 Å². The Morgan fingerprint density at radius 1 is 1.06 bits per heavy atom. The summed E-state index contributed by atoms with van der Waals surface area (Å²) in [6.07, 6.45) is 0. The maximum Gasteiger partial charge on any atom is 2.00 e. The fraction of sp³-hybridized carbons (Fsp3) is 0.417. The van der Waals surface area contributed by atoms with E-state index < -0.39 is 0 Å². The molecule has 0 N–H and O–H groups in total. The Bertz CT molecular complexity index is 367. The van der Waals surface area contributed by atoms with Crippen molar-refractivity contribution in [3.8, 4) is 0 Å². The SMILES string of the molecule is Cc1[c-]c(C)c(C)c(N=[N+]=[N-])c1C.[CH2-]C.[W+2]. The Morgan fingerprint density at radius 3 is 1.75 bits per heavy atom. The third-order valence-corrected chi connectivity index (χ3v) is 2.36. The molecule has 0 aliphatic rings. The van der Waals surface area contributed by atoms with E-state index in [0.717, 1.165) is 27.9 Å². The average molecular weight is 387 g/mol. The second-order valence-electron chi connectivity index (χ2n) is 3.16. The number of azide groups is 1. The van der Waals surface area contributed by atoms with E-state index in [4.69, 9.17) is 5.53 Å². The molecule has 0 unspecified atom stereocenters. The summed E-state index contributed by atoms with van der Waals surface area (Å²) < 4.78 is 0. The van der Waals surface area contributed by atoms with Crippen LogP contribution in [-0.4, -0.2) is 0 Å². The smallest absolute Gasteiger partial charge is 0.346 e. The quantitative estimate of drug-likeness (QED) is 0.295. The van der Waals surface area contributed by atoms with Crippen LogP contribution in [0.3, 0.4) is 0 Å². The summed E-state index contributed by atoms with van der Waals surface area (Å²) >= 11 is 0. The van der Waals surface area contributed by atoms with Gasteiger partial charge in [0.2, 0.25) is 0 Å². The maximum atomic E-state index is 8.40. The molecule has 0 saturated heterocycles. The third kappa shape index (κ3) is 4.00. The van der Waals surface area contributed by atoms with E-state index in [2.05, 4.69) is 23.0 Å². The Balaban J connectivity index is 0. The zero-order valence-corrected chi connectivity index (χ0v) is 13.4. The van der Waals surface area contributed by atoms with Crippen molar-refractivity contribution >= 4 is 5.69 Å². The predicted molar refractivity (Wildman–Crippen MR) is 64.1 cm³/mol. The molecule has 0 radical (unpaired) electrons. The summed E-state index contributed by atoms with van der Waals surface area (Å²) in [6, 6.07) is 3.22. The molecule has 0 atom stereocenters. The molecule has 0 amide bonds. The first-order valence-corrected chi connectivity index (χ1v) is 4.83. The molecule has 4 heteroatoms. The zero-order chi connectivity index (χ0) is 12.0. The monoisotopic (exact) mass is 387 g/mol. The summed E-state index contributed by atoms with van der Waals surface area (Å²) in [4.78, 5) is 2.82. The molecule has 0 fully saturated rings. The largest absolute Gasteiger partial charge is 2.00 e. The molecule has 16 heavy (non-hydrogen) atoms. The summed E-state index contributed by atoms with van der Waals surface area (Å²) in [5.74, 6) is 0. The first-order valence-electron chi connectivity index (χ1n) is 4.83. The minimum Gasteiger partial charge on any atom is -0.346 e. The van der Waals surface area contributed by atoms with E-state index in [9.17, 15) is 0 Å². The zero-order valence-electron chi connectivity index (χ0n) is 10.5. The van der Waals surface area contributed by atoms with Gasteiger partial charge in [0.25, 0.3) is 0 Å². The van der Waals surface area contributed by atoms with Gasteiger partial charge in [-0.2, -0.15) is 24.1 Å². The molecule has 1 aromatic rings. The van der Waals surface area contributed by atoms with Crippen molar-refractivity contribution in [1.29, 1.82) is 0 Å². The molecule has 0 bridgehead atoms. The van der Waals surface area contributed by atoms with Crippen LogP contribution in [0.25, 0.3) is 10.4 Å². The van der Waals surface area contributed by atoms with Crippen LogP contribution in [0.5, 0.6) is 0 Å². The molecule has 1 aromatic carbocycles. The number of hydrogen-bond donors (Lipinski definition) is 0. The fourth-order valence-electron chi connectivity index (χ4n) is 1.30. The number of nitrogens with zero attached hydrogens (tertiary/aromatic N) is 3. The Hall–Kier alpha value is -0.782.